The van der Waals surface area contributed by atoms with E-state index >= 15 is 0 Å². The maximum absolute atomic E-state index is 9.88. The number of aromatic hydroxyl groups is 1. The van der Waals surface area contributed by atoms with E-state index in [4.69, 9.17) is 4.74 Å². The molecule has 0 saturated carbocycles. The Kier molecular flexibility index (Phi) is 14.8. The van der Waals surface area contributed by atoms with Gasteiger partial charge in [-0.2, -0.15) is 0 Å². The summed E-state index contributed by atoms with van der Waals surface area (Å²) < 4.78 is 8.26. The number of phenolic OH excluding ortho intramolecular Hbond substituents is 1. The Morgan fingerprint density at radius 2 is 1.18 bits per heavy atom. The van der Waals surface area contributed by atoms with Gasteiger partial charge < -0.3 is 4.90 Å². The summed E-state index contributed by atoms with van der Waals surface area (Å²) in [4.78, 5) is 11.5. The van der Waals surface area contributed by atoms with Crippen molar-refractivity contribution in [1.29, 1.82) is 0 Å². The molecule has 0 amide bonds. The van der Waals surface area contributed by atoms with Gasteiger partial charge in [0.1, 0.15) is 0 Å². The van der Waals surface area contributed by atoms with Crippen LogP contribution in [-0.4, -0.2) is 117 Å². The molecule has 210 valence electrons. The summed E-state index contributed by atoms with van der Waals surface area (Å²) in [6, 6.07) is 12.2. The Morgan fingerprint density at radius 1 is 0.711 bits per heavy atom. The Morgan fingerprint density at radius 3 is 1.66 bits per heavy atom. The first-order valence-corrected chi connectivity index (χ1v) is 17.2. The molecule has 4 aromatic rings. The number of likely N-dealkylation sites (N-methyl/N-ethyl adjacent to an activating group) is 2. The van der Waals surface area contributed by atoms with Crippen LogP contribution in [0.1, 0.15) is 31.9 Å². The molecule has 38 heavy (non-hydrogen) atoms. The second-order valence-electron chi connectivity index (χ2n) is 9.69. The van der Waals surface area contributed by atoms with Crippen LogP contribution in [0.15, 0.2) is 46.3 Å². The van der Waals surface area contributed by atoms with Gasteiger partial charge in [-0.05, 0) is 20.6 Å². The molecule has 0 bridgehead atoms. The number of benzene rings is 2. The molecule has 0 spiro atoms. The van der Waals surface area contributed by atoms with Crippen molar-refractivity contribution in [3.63, 3.8) is 0 Å². The number of ether oxygens (including phenoxy) is 1. The fourth-order valence-corrected chi connectivity index (χ4v) is 7.98. The summed E-state index contributed by atoms with van der Waals surface area (Å²) >= 11 is 0.901. The molecule has 7 heteroatoms. The third kappa shape index (κ3) is 9.88. The first kappa shape index (κ1) is 32.6. The molecule has 2 heterocycles. The Bertz CT molecular complexity index is 1220. The molecule has 0 fully saturated rings. The van der Waals surface area contributed by atoms with Gasteiger partial charge in [0.25, 0.3) is 0 Å². The summed E-state index contributed by atoms with van der Waals surface area (Å²) in [7, 11) is 10.2. The SMILES string of the molecule is CCN(C)C.CCN(C)CCc1c[se]c2cccc(O)c12.CCN(C)CCc1c[se]c2cccc(OC)c12. The molecule has 1 N–H and O–H groups in total. The third-order valence-corrected chi connectivity index (χ3v) is 10.9. The summed E-state index contributed by atoms with van der Waals surface area (Å²) in [5.74, 6) is 1.48. The van der Waals surface area contributed by atoms with Crippen molar-refractivity contribution >= 4 is 48.3 Å². The molecule has 5 nitrogen and oxygen atoms in total. The molecule has 0 saturated heterocycles. The molecular weight excluding hydrogens is 604 g/mol. The number of nitrogens with zero attached hydrogens (tertiary/aromatic N) is 3. The molecule has 2 aromatic heterocycles. The van der Waals surface area contributed by atoms with Crippen LogP contribution >= 0.6 is 0 Å². The minimum atomic E-state index is 0.411. The predicted molar refractivity (Wildman–Crippen MR) is 168 cm³/mol. The van der Waals surface area contributed by atoms with Crippen LogP contribution in [0.4, 0.5) is 0 Å². The van der Waals surface area contributed by atoms with Crippen molar-refractivity contribution in [3.05, 3.63) is 57.4 Å². The monoisotopic (exact) mass is 653 g/mol. The molecule has 0 aliphatic heterocycles. The summed E-state index contributed by atoms with van der Waals surface area (Å²) in [5, 5.41) is 12.3. The summed E-state index contributed by atoms with van der Waals surface area (Å²) in [6.07, 6.45) is 2.16. The van der Waals surface area contributed by atoms with Gasteiger partial charge >= 0.3 is 211 Å². The van der Waals surface area contributed by atoms with Crippen LogP contribution in [0.5, 0.6) is 11.5 Å². The van der Waals surface area contributed by atoms with Gasteiger partial charge in [0.15, 0.2) is 0 Å². The first-order chi connectivity index (χ1) is 18.2. The van der Waals surface area contributed by atoms with Crippen LogP contribution in [0.25, 0.3) is 19.3 Å². The van der Waals surface area contributed by atoms with Gasteiger partial charge in [-0.1, -0.05) is 6.92 Å². The standard InChI is InChI=1S/C14H19NOSe.C13H17NOSe.C4H11N/c1-4-15(2)9-8-11-10-17-13-7-5-6-12(16-3)14(11)13;1-3-14(2)8-7-10-9-16-12-6-4-5-11(15)13(10)12;1-4-5(2)3/h5-7,10H,4,8-9H2,1-3H3;4-6,9,15H,3,7-8H2,1-2H3;4H2,1-3H3. The quantitative estimate of drug-likeness (QED) is 0.243. The average molecular weight is 652 g/mol. The van der Waals surface area contributed by atoms with E-state index in [-0.39, 0.29) is 0 Å². The van der Waals surface area contributed by atoms with Crippen molar-refractivity contribution in [2.75, 3.05) is 68.0 Å². The Labute approximate surface area is 242 Å². The number of hydrogen-bond donors (Lipinski definition) is 1. The van der Waals surface area contributed by atoms with E-state index in [2.05, 4.69) is 97.8 Å². The number of rotatable bonds is 10. The zero-order valence-electron chi connectivity index (χ0n) is 24.6. The Hall–Kier alpha value is -1.56. The fraction of sp³-hybridized carbons (Fsp3) is 0.484. The van der Waals surface area contributed by atoms with Gasteiger partial charge in [0, 0.05) is 0 Å². The summed E-state index contributed by atoms with van der Waals surface area (Å²) in [5.41, 5.74) is 2.80. The molecular formula is C31H47N3O2Se2. The van der Waals surface area contributed by atoms with Crippen molar-refractivity contribution in [2.45, 2.75) is 33.6 Å². The first-order valence-electron chi connectivity index (χ1n) is 13.5. The van der Waals surface area contributed by atoms with E-state index in [0.717, 1.165) is 56.7 Å². The summed E-state index contributed by atoms with van der Waals surface area (Å²) in [6.45, 7) is 12.0. The van der Waals surface area contributed by atoms with Gasteiger partial charge in [-0.3, -0.25) is 0 Å². The normalized spacial score (nSPS) is 11.1. The van der Waals surface area contributed by atoms with Crippen LogP contribution < -0.4 is 4.74 Å². The molecule has 0 radical (unpaired) electrons. The van der Waals surface area contributed by atoms with E-state index in [1.807, 2.05) is 6.07 Å². The number of fused-ring (bicyclic) bond motifs is 2. The zero-order valence-corrected chi connectivity index (χ0v) is 28.0. The van der Waals surface area contributed by atoms with E-state index < -0.39 is 0 Å². The van der Waals surface area contributed by atoms with Gasteiger partial charge in [-0.25, -0.2) is 0 Å². The number of hydrogen-bond acceptors (Lipinski definition) is 5. The fourth-order valence-electron chi connectivity index (χ4n) is 3.73. The van der Waals surface area contributed by atoms with Gasteiger partial charge in [0.05, 0.1) is 0 Å². The van der Waals surface area contributed by atoms with E-state index in [9.17, 15) is 5.11 Å². The maximum atomic E-state index is 9.88. The van der Waals surface area contributed by atoms with Crippen LogP contribution in [0, 0.1) is 0 Å². The average Bonchev–Trinajstić information content (AvgIpc) is 3.55. The second-order valence-corrected chi connectivity index (χ2v) is 13.5. The van der Waals surface area contributed by atoms with Crippen LogP contribution in [-0.2, 0) is 12.8 Å². The molecule has 0 atom stereocenters. The van der Waals surface area contributed by atoms with Crippen LogP contribution in [0.2, 0.25) is 0 Å². The van der Waals surface area contributed by atoms with Crippen molar-refractivity contribution < 1.29 is 9.84 Å². The van der Waals surface area contributed by atoms with E-state index in [1.165, 1.54) is 25.0 Å². The van der Waals surface area contributed by atoms with E-state index in [0.29, 0.717) is 34.8 Å². The van der Waals surface area contributed by atoms with Gasteiger partial charge in [-0.15, -0.1) is 0 Å². The predicted octanol–water partition coefficient (Wildman–Crippen LogP) is 5.06. The van der Waals surface area contributed by atoms with Crippen molar-refractivity contribution in [2.24, 2.45) is 0 Å². The van der Waals surface area contributed by atoms with Crippen molar-refractivity contribution in [1.82, 2.24) is 14.7 Å². The second kappa shape index (κ2) is 17.2. The van der Waals surface area contributed by atoms with Gasteiger partial charge in [0.2, 0.25) is 0 Å². The number of methoxy groups -OCH3 is 1. The van der Waals surface area contributed by atoms with Crippen LogP contribution in [0.3, 0.4) is 0 Å². The number of phenols is 1. The molecule has 0 unspecified atom stereocenters. The minimum absolute atomic E-state index is 0.411. The zero-order chi connectivity index (χ0) is 28.1. The molecule has 2 aromatic carbocycles. The molecule has 0 aliphatic carbocycles. The molecule has 4 rings (SSSR count). The van der Waals surface area contributed by atoms with E-state index in [1.54, 1.807) is 13.2 Å². The topological polar surface area (TPSA) is 39.2 Å². The molecule has 0 aliphatic rings. The van der Waals surface area contributed by atoms with Crippen molar-refractivity contribution in [3.8, 4) is 11.5 Å². The Balaban J connectivity index is 0.000000228. The third-order valence-electron chi connectivity index (χ3n) is 6.75.